The largest absolute Gasteiger partial charge is 0.389 e. The molecule has 0 aliphatic heterocycles. The van der Waals surface area contributed by atoms with Crippen LogP contribution in [-0.2, 0) is 0 Å². The van der Waals surface area contributed by atoms with Gasteiger partial charge in [-0.2, -0.15) is 12.6 Å². The van der Waals surface area contributed by atoms with Gasteiger partial charge in [0.25, 0.3) is 0 Å². The maximum atomic E-state index is 9.54. The number of nitrogens with one attached hydrogen (secondary N) is 1. The quantitative estimate of drug-likeness (QED) is 0.242. The molecular weight excluding hydrogens is 224 g/mol. The van der Waals surface area contributed by atoms with Crippen molar-refractivity contribution in [3.63, 3.8) is 0 Å². The van der Waals surface area contributed by atoms with Crippen molar-refractivity contribution >= 4 is 18.5 Å². The molecule has 0 saturated heterocycles. The minimum atomic E-state index is 0.132. The van der Waals surface area contributed by atoms with Gasteiger partial charge in [0.05, 0.1) is 5.70 Å². The molecule has 16 heavy (non-hydrogen) atoms. The van der Waals surface area contributed by atoms with Crippen LogP contribution in [-0.4, -0.2) is 42.0 Å². The minimum Gasteiger partial charge on any atom is -0.389 e. The molecule has 4 N–H and O–H groups in total. The Hall–Kier alpha value is -0.880. The van der Waals surface area contributed by atoms with Gasteiger partial charge in [0.15, 0.2) is 0 Å². The van der Waals surface area contributed by atoms with E-state index in [0.717, 1.165) is 17.2 Å². The fraction of sp³-hybridized carbons (Fsp3) is 0.700. The van der Waals surface area contributed by atoms with Gasteiger partial charge >= 0.3 is 0 Å². The molecule has 0 spiro atoms. The van der Waals surface area contributed by atoms with Crippen LogP contribution in [0.2, 0.25) is 0 Å². The molecule has 0 aromatic carbocycles. The molecule has 0 bridgehead atoms. The Balaban J connectivity index is 5.22. The summed E-state index contributed by atoms with van der Waals surface area (Å²) in [5.41, 5.74) is 7.07. The van der Waals surface area contributed by atoms with Gasteiger partial charge in [0.2, 0.25) is 0 Å². The molecule has 94 valence electrons. The van der Waals surface area contributed by atoms with Crippen molar-refractivity contribution in [1.29, 1.82) is 0 Å². The third-order valence-electron chi connectivity index (χ3n) is 2.26. The number of hydrogen-bond acceptors (Lipinski definition) is 5. The molecule has 0 aromatic rings. The predicted molar refractivity (Wildman–Crippen MR) is 70.9 cm³/mol. The molecule has 0 saturated carbocycles. The van der Waals surface area contributed by atoms with Crippen LogP contribution < -0.4 is 11.1 Å². The summed E-state index contributed by atoms with van der Waals surface area (Å²) in [4.78, 5) is 4.29. The summed E-state index contributed by atoms with van der Waals surface area (Å²) < 4.78 is 0. The summed E-state index contributed by atoms with van der Waals surface area (Å²) >= 11 is 4.17. The third kappa shape index (κ3) is 4.32. The summed E-state index contributed by atoms with van der Waals surface area (Å²) in [6.45, 7) is 4.01. The molecule has 0 aromatic heterocycles. The lowest BCUT2D eigenvalue weighted by atomic mass is 10.2. The van der Waals surface area contributed by atoms with Crippen LogP contribution in [0.5, 0.6) is 0 Å². The fourth-order valence-electron chi connectivity index (χ4n) is 1.18. The van der Waals surface area contributed by atoms with Gasteiger partial charge in [0.1, 0.15) is 11.5 Å². The van der Waals surface area contributed by atoms with Crippen molar-refractivity contribution in [2.75, 3.05) is 19.8 Å². The van der Waals surface area contributed by atoms with Crippen molar-refractivity contribution in [2.45, 2.75) is 26.3 Å². The van der Waals surface area contributed by atoms with Gasteiger partial charge < -0.3 is 11.1 Å². The normalized spacial score (nSPS) is 15.5. The maximum Gasteiger partial charge on any atom is 0.146 e. The average molecular weight is 246 g/mol. The van der Waals surface area contributed by atoms with Crippen molar-refractivity contribution < 1.29 is 5.21 Å². The molecule has 0 fully saturated rings. The Labute approximate surface area is 103 Å². The highest BCUT2D eigenvalue weighted by molar-refractivity contribution is 7.80. The fourth-order valence-corrected chi connectivity index (χ4v) is 1.49. The predicted octanol–water partition coefficient (Wildman–Crippen LogP) is 0.824. The number of nitrogens with two attached hydrogens (primary N) is 1. The number of nitrogens with zero attached hydrogens (tertiary/aromatic N) is 2. The highest BCUT2D eigenvalue weighted by Crippen LogP contribution is 2.08. The SMILES string of the molecule is CC[C@@H](C)N=C(N)/C(=C(\CS)NC)N(C)O. The van der Waals surface area contributed by atoms with E-state index in [-0.39, 0.29) is 6.04 Å². The number of hydrogen-bond donors (Lipinski definition) is 4. The van der Waals surface area contributed by atoms with Crippen molar-refractivity contribution in [1.82, 2.24) is 10.4 Å². The van der Waals surface area contributed by atoms with Crippen LogP contribution in [0.1, 0.15) is 20.3 Å². The van der Waals surface area contributed by atoms with E-state index in [0.29, 0.717) is 17.3 Å². The summed E-state index contributed by atoms with van der Waals surface area (Å²) in [6, 6.07) is 0.132. The number of thiol groups is 1. The van der Waals surface area contributed by atoms with Gasteiger partial charge in [-0.3, -0.25) is 15.3 Å². The minimum absolute atomic E-state index is 0.132. The van der Waals surface area contributed by atoms with Crippen molar-refractivity contribution in [3.05, 3.63) is 11.4 Å². The topological polar surface area (TPSA) is 73.9 Å². The van der Waals surface area contributed by atoms with E-state index < -0.39 is 0 Å². The molecule has 0 rings (SSSR count). The molecule has 0 aliphatic carbocycles. The van der Waals surface area contributed by atoms with E-state index in [1.54, 1.807) is 7.05 Å². The zero-order valence-corrected chi connectivity index (χ0v) is 11.3. The Morgan fingerprint density at radius 2 is 2.19 bits per heavy atom. The summed E-state index contributed by atoms with van der Waals surface area (Å²) in [5.74, 6) is 0.769. The van der Waals surface area contributed by atoms with E-state index in [1.165, 1.54) is 7.05 Å². The molecule has 6 heteroatoms. The lowest BCUT2D eigenvalue weighted by Crippen LogP contribution is -2.32. The second kappa shape index (κ2) is 7.40. The molecule has 0 radical (unpaired) electrons. The maximum absolute atomic E-state index is 9.54. The first kappa shape index (κ1) is 15.1. The van der Waals surface area contributed by atoms with Crippen LogP contribution in [0.4, 0.5) is 0 Å². The standard InChI is InChI=1S/C10H22N4OS/c1-5-7(2)13-10(11)9(14(4)15)8(6-16)12-3/h7,12,15-16H,5-6H2,1-4H3,(H2,11,13)/b9-8-/t7-/m1/s1. The Kier molecular flexibility index (Phi) is 7.00. The first-order valence-corrected chi connectivity index (χ1v) is 5.89. The average Bonchev–Trinajstić information content (AvgIpc) is 2.24. The monoisotopic (exact) mass is 246 g/mol. The molecule has 0 aliphatic rings. The number of likely N-dealkylation sites (N-methyl/N-ethyl adjacent to an activating group) is 1. The van der Waals surface area contributed by atoms with Gasteiger partial charge in [-0.15, -0.1) is 0 Å². The molecular formula is C10H22N4OS. The van der Waals surface area contributed by atoms with Crippen LogP contribution in [0, 0.1) is 0 Å². The summed E-state index contributed by atoms with van der Waals surface area (Å²) in [5, 5.41) is 13.4. The van der Waals surface area contributed by atoms with Crippen LogP contribution in [0.3, 0.4) is 0 Å². The second-order valence-corrected chi connectivity index (χ2v) is 3.85. The molecule has 0 amide bonds. The zero-order valence-electron chi connectivity index (χ0n) is 10.4. The summed E-state index contributed by atoms with van der Waals surface area (Å²) in [7, 11) is 3.26. The van der Waals surface area contributed by atoms with E-state index in [2.05, 4.69) is 22.9 Å². The van der Waals surface area contributed by atoms with Crippen LogP contribution in [0.15, 0.2) is 16.4 Å². The van der Waals surface area contributed by atoms with Crippen LogP contribution >= 0.6 is 12.6 Å². The molecule has 0 heterocycles. The Bertz CT molecular complexity index is 270. The number of rotatable bonds is 6. The first-order chi connectivity index (χ1) is 7.47. The summed E-state index contributed by atoms with van der Waals surface area (Å²) in [6.07, 6.45) is 0.902. The molecule has 0 unspecified atom stereocenters. The smallest absolute Gasteiger partial charge is 0.146 e. The third-order valence-corrected chi connectivity index (χ3v) is 2.58. The first-order valence-electron chi connectivity index (χ1n) is 5.25. The Morgan fingerprint density at radius 1 is 1.62 bits per heavy atom. The van der Waals surface area contributed by atoms with Crippen LogP contribution in [0.25, 0.3) is 0 Å². The highest BCUT2D eigenvalue weighted by atomic mass is 32.1. The number of aliphatic imine (C=N–C) groups is 1. The second-order valence-electron chi connectivity index (χ2n) is 3.53. The van der Waals surface area contributed by atoms with E-state index >= 15 is 0 Å². The lowest BCUT2D eigenvalue weighted by Gasteiger charge is -2.19. The molecule has 1 atom stereocenters. The number of amidine groups is 1. The molecule has 5 nitrogen and oxygen atoms in total. The van der Waals surface area contributed by atoms with E-state index in [1.807, 2.05) is 13.8 Å². The van der Waals surface area contributed by atoms with Gasteiger partial charge in [0, 0.05) is 25.9 Å². The van der Waals surface area contributed by atoms with Gasteiger partial charge in [-0.05, 0) is 13.3 Å². The van der Waals surface area contributed by atoms with Crippen molar-refractivity contribution in [3.8, 4) is 0 Å². The Morgan fingerprint density at radius 3 is 2.50 bits per heavy atom. The van der Waals surface area contributed by atoms with E-state index in [9.17, 15) is 5.21 Å². The van der Waals surface area contributed by atoms with E-state index in [4.69, 9.17) is 5.73 Å². The lowest BCUT2D eigenvalue weighted by molar-refractivity contribution is -0.0224. The van der Waals surface area contributed by atoms with Crippen molar-refractivity contribution in [2.24, 2.45) is 10.7 Å². The zero-order chi connectivity index (χ0) is 12.7. The number of hydroxylamine groups is 2. The van der Waals surface area contributed by atoms with Gasteiger partial charge in [-0.1, -0.05) is 6.92 Å². The van der Waals surface area contributed by atoms with Gasteiger partial charge in [-0.25, -0.2) is 0 Å². The highest BCUT2D eigenvalue weighted by Gasteiger charge is 2.13.